The van der Waals surface area contributed by atoms with Gasteiger partial charge in [-0.3, -0.25) is 9.59 Å². The van der Waals surface area contributed by atoms with Gasteiger partial charge >= 0.3 is 0 Å². The van der Waals surface area contributed by atoms with Crippen molar-refractivity contribution in [1.29, 1.82) is 0 Å². The number of aromatic nitrogens is 1. The topological polar surface area (TPSA) is 87.1 Å². The smallest absolute Gasteiger partial charge is 0.287 e. The van der Waals surface area contributed by atoms with E-state index < -0.39 is 11.9 Å². The van der Waals surface area contributed by atoms with Crippen LogP contribution < -0.4 is 10.6 Å². The number of nitrogens with one attached hydrogen (secondary N) is 3. The molecule has 0 radical (unpaired) electrons. The van der Waals surface area contributed by atoms with Gasteiger partial charge in [0.05, 0.1) is 12.8 Å². The third-order valence-corrected chi connectivity index (χ3v) is 3.52. The zero-order chi connectivity index (χ0) is 16.2. The van der Waals surface area contributed by atoms with Crippen molar-refractivity contribution in [3.05, 3.63) is 60.2 Å². The molecule has 0 aliphatic heterocycles. The number of hydrogen-bond donors (Lipinski definition) is 3. The van der Waals surface area contributed by atoms with E-state index in [1.54, 1.807) is 19.1 Å². The summed E-state index contributed by atoms with van der Waals surface area (Å²) in [5.74, 6) is -0.493. The Kier molecular flexibility index (Phi) is 4.14. The molecule has 3 rings (SSSR count). The van der Waals surface area contributed by atoms with Gasteiger partial charge in [0.1, 0.15) is 6.04 Å². The van der Waals surface area contributed by atoms with E-state index in [0.29, 0.717) is 6.54 Å². The van der Waals surface area contributed by atoms with E-state index >= 15 is 0 Å². The summed E-state index contributed by atoms with van der Waals surface area (Å²) in [6.07, 6.45) is 1.41. The average Bonchev–Trinajstić information content (AvgIpc) is 3.21. The summed E-state index contributed by atoms with van der Waals surface area (Å²) in [6.45, 7) is 2.00. The molecule has 0 aliphatic carbocycles. The van der Waals surface area contributed by atoms with E-state index in [-0.39, 0.29) is 11.7 Å². The van der Waals surface area contributed by atoms with Crippen LogP contribution in [0.1, 0.15) is 23.2 Å². The van der Waals surface area contributed by atoms with Gasteiger partial charge in [-0.25, -0.2) is 0 Å². The lowest BCUT2D eigenvalue weighted by molar-refractivity contribution is -0.122. The van der Waals surface area contributed by atoms with Crippen molar-refractivity contribution < 1.29 is 14.0 Å². The van der Waals surface area contributed by atoms with Crippen LogP contribution in [0.25, 0.3) is 10.9 Å². The molecule has 0 aliphatic rings. The predicted octanol–water partition coefficient (Wildman–Crippen LogP) is 2.20. The van der Waals surface area contributed by atoms with Crippen LogP contribution in [0.15, 0.2) is 53.1 Å². The Morgan fingerprint density at radius 1 is 1.22 bits per heavy atom. The molecule has 6 heteroatoms. The number of H-pyrrole nitrogens is 1. The van der Waals surface area contributed by atoms with E-state index in [1.807, 2.05) is 30.3 Å². The Hall–Kier alpha value is -3.02. The van der Waals surface area contributed by atoms with Crippen molar-refractivity contribution in [3.63, 3.8) is 0 Å². The Bertz CT molecular complexity index is 788. The molecule has 2 amide bonds. The highest BCUT2D eigenvalue weighted by Crippen LogP contribution is 2.14. The van der Waals surface area contributed by atoms with Gasteiger partial charge in [-0.05, 0) is 36.6 Å². The summed E-state index contributed by atoms with van der Waals surface area (Å²) in [6, 6.07) is 12.4. The fourth-order valence-corrected chi connectivity index (χ4v) is 2.31. The van der Waals surface area contributed by atoms with Crippen LogP contribution in [-0.2, 0) is 11.3 Å². The molecular weight excluding hydrogens is 294 g/mol. The van der Waals surface area contributed by atoms with Gasteiger partial charge in [0.15, 0.2) is 5.76 Å². The molecular formula is C17H17N3O3. The van der Waals surface area contributed by atoms with Crippen molar-refractivity contribution in [2.45, 2.75) is 19.5 Å². The molecule has 2 aromatic heterocycles. The first-order chi connectivity index (χ1) is 11.1. The SMILES string of the molecule is CC(NC(=O)c1ccco1)C(=O)NCc1cc2ccccc2[nH]1. The standard InChI is InChI=1S/C17H17N3O3/c1-11(19-17(22)15-7-4-8-23-15)16(21)18-10-13-9-12-5-2-3-6-14(12)20-13/h2-9,11,20H,10H2,1H3,(H,18,21)(H,19,22). The second-order valence-electron chi connectivity index (χ2n) is 5.27. The van der Waals surface area contributed by atoms with Gasteiger partial charge < -0.3 is 20.0 Å². The Labute approximate surface area is 132 Å². The number of carbonyl (C=O) groups excluding carboxylic acids is 2. The summed E-state index contributed by atoms with van der Waals surface area (Å²) in [4.78, 5) is 27.1. The van der Waals surface area contributed by atoms with E-state index in [2.05, 4.69) is 15.6 Å². The second kappa shape index (κ2) is 6.39. The van der Waals surface area contributed by atoms with Crippen molar-refractivity contribution in [2.24, 2.45) is 0 Å². The van der Waals surface area contributed by atoms with Gasteiger partial charge in [0, 0.05) is 11.2 Å². The van der Waals surface area contributed by atoms with Crippen molar-refractivity contribution in [2.75, 3.05) is 0 Å². The number of hydrogen-bond acceptors (Lipinski definition) is 3. The van der Waals surface area contributed by atoms with Crippen LogP contribution in [0, 0.1) is 0 Å². The molecule has 23 heavy (non-hydrogen) atoms. The molecule has 1 unspecified atom stereocenters. The number of rotatable bonds is 5. The molecule has 0 saturated heterocycles. The van der Waals surface area contributed by atoms with E-state index in [1.165, 1.54) is 6.26 Å². The fraction of sp³-hybridized carbons (Fsp3) is 0.176. The Morgan fingerprint density at radius 2 is 2.04 bits per heavy atom. The molecule has 0 bridgehead atoms. The molecule has 1 atom stereocenters. The fourth-order valence-electron chi connectivity index (χ4n) is 2.31. The molecule has 2 heterocycles. The van der Waals surface area contributed by atoms with Gasteiger partial charge in [0.2, 0.25) is 5.91 Å². The Balaban J connectivity index is 1.55. The summed E-state index contributed by atoms with van der Waals surface area (Å²) in [7, 11) is 0. The average molecular weight is 311 g/mol. The summed E-state index contributed by atoms with van der Waals surface area (Å²) < 4.78 is 4.99. The van der Waals surface area contributed by atoms with Crippen molar-refractivity contribution in [1.82, 2.24) is 15.6 Å². The third-order valence-electron chi connectivity index (χ3n) is 3.52. The summed E-state index contributed by atoms with van der Waals surface area (Å²) in [5.41, 5.74) is 1.93. The van der Waals surface area contributed by atoms with Crippen LogP contribution in [0.2, 0.25) is 0 Å². The van der Waals surface area contributed by atoms with Crippen LogP contribution in [0.3, 0.4) is 0 Å². The number of carbonyl (C=O) groups is 2. The minimum absolute atomic E-state index is 0.181. The zero-order valence-corrected chi connectivity index (χ0v) is 12.6. The third kappa shape index (κ3) is 3.42. The van der Waals surface area contributed by atoms with Gasteiger partial charge in [-0.1, -0.05) is 18.2 Å². The number of furan rings is 1. The van der Waals surface area contributed by atoms with Crippen LogP contribution in [0.4, 0.5) is 0 Å². The van der Waals surface area contributed by atoms with E-state index in [4.69, 9.17) is 4.42 Å². The molecule has 1 aromatic carbocycles. The number of aromatic amines is 1. The highest BCUT2D eigenvalue weighted by molar-refractivity contribution is 5.95. The summed E-state index contributed by atoms with van der Waals surface area (Å²) >= 11 is 0. The van der Waals surface area contributed by atoms with Gasteiger partial charge in [-0.15, -0.1) is 0 Å². The normalized spacial score (nSPS) is 12.0. The number of benzene rings is 1. The largest absolute Gasteiger partial charge is 0.459 e. The molecule has 0 fully saturated rings. The predicted molar refractivity (Wildman–Crippen MR) is 85.8 cm³/mol. The quantitative estimate of drug-likeness (QED) is 0.675. The van der Waals surface area contributed by atoms with E-state index in [9.17, 15) is 9.59 Å². The Morgan fingerprint density at radius 3 is 2.78 bits per heavy atom. The highest BCUT2D eigenvalue weighted by atomic mass is 16.3. The molecule has 3 aromatic rings. The molecule has 3 N–H and O–H groups in total. The molecule has 0 spiro atoms. The van der Waals surface area contributed by atoms with E-state index in [0.717, 1.165) is 16.6 Å². The lowest BCUT2D eigenvalue weighted by Crippen LogP contribution is -2.44. The first-order valence-corrected chi connectivity index (χ1v) is 7.32. The first kappa shape index (κ1) is 14.9. The minimum Gasteiger partial charge on any atom is -0.459 e. The van der Waals surface area contributed by atoms with Crippen LogP contribution >= 0.6 is 0 Å². The maximum atomic E-state index is 12.1. The van der Waals surface area contributed by atoms with Crippen molar-refractivity contribution >= 4 is 22.7 Å². The minimum atomic E-state index is -0.656. The molecule has 118 valence electrons. The maximum absolute atomic E-state index is 12.1. The lowest BCUT2D eigenvalue weighted by atomic mass is 10.2. The van der Waals surface area contributed by atoms with Crippen LogP contribution in [-0.4, -0.2) is 22.8 Å². The number of para-hydroxylation sites is 1. The molecule has 6 nitrogen and oxygen atoms in total. The van der Waals surface area contributed by atoms with Crippen molar-refractivity contribution in [3.8, 4) is 0 Å². The molecule has 0 saturated carbocycles. The second-order valence-corrected chi connectivity index (χ2v) is 5.27. The maximum Gasteiger partial charge on any atom is 0.287 e. The highest BCUT2D eigenvalue weighted by Gasteiger charge is 2.17. The monoisotopic (exact) mass is 311 g/mol. The zero-order valence-electron chi connectivity index (χ0n) is 12.6. The van der Waals surface area contributed by atoms with Gasteiger partial charge in [-0.2, -0.15) is 0 Å². The van der Waals surface area contributed by atoms with Gasteiger partial charge in [0.25, 0.3) is 5.91 Å². The first-order valence-electron chi connectivity index (χ1n) is 7.32. The summed E-state index contributed by atoms with van der Waals surface area (Å²) in [5, 5.41) is 6.48. The van der Waals surface area contributed by atoms with Crippen LogP contribution in [0.5, 0.6) is 0 Å². The number of amides is 2. The number of fused-ring (bicyclic) bond motifs is 1. The lowest BCUT2D eigenvalue weighted by Gasteiger charge is -2.12.